The third-order valence-electron chi connectivity index (χ3n) is 2.58. The molecule has 1 aromatic rings. The lowest BCUT2D eigenvalue weighted by atomic mass is 10.2. The third kappa shape index (κ3) is 2.24. The molecule has 3 N–H and O–H groups in total. The molecular formula is C11H14N2O2S. The van der Waals surface area contributed by atoms with E-state index in [1.54, 1.807) is 6.07 Å². The summed E-state index contributed by atoms with van der Waals surface area (Å²) in [6, 6.07) is 1.76. The Hall–Kier alpha value is -1.36. The van der Waals surface area contributed by atoms with Gasteiger partial charge in [-0.2, -0.15) is 0 Å². The number of primary amides is 1. The maximum Gasteiger partial charge on any atom is 0.251 e. The van der Waals surface area contributed by atoms with Gasteiger partial charge in [0.25, 0.3) is 5.91 Å². The molecule has 16 heavy (non-hydrogen) atoms. The fourth-order valence-electron chi connectivity index (χ4n) is 1.45. The quantitative estimate of drug-likeness (QED) is 0.839. The second-order valence-electron chi connectivity index (χ2n) is 3.94. The molecule has 2 amide bonds. The minimum Gasteiger partial charge on any atom is -0.366 e. The molecule has 0 atom stereocenters. The van der Waals surface area contributed by atoms with Crippen molar-refractivity contribution in [1.29, 1.82) is 0 Å². The molecule has 0 aliphatic heterocycles. The van der Waals surface area contributed by atoms with Crippen molar-refractivity contribution >= 4 is 28.2 Å². The van der Waals surface area contributed by atoms with Crippen molar-refractivity contribution in [2.24, 2.45) is 11.7 Å². The molecule has 1 aliphatic carbocycles. The standard InChI is InChI=1S/C11H14N2O2S/c1-2-7-5-8(9(12)14)11(16-7)13-10(15)6-3-4-6/h5-6H,2-4H2,1H3,(H2,12,14)(H,13,15). The van der Waals surface area contributed by atoms with Gasteiger partial charge in [-0.25, -0.2) is 0 Å². The van der Waals surface area contributed by atoms with Crippen LogP contribution in [0.4, 0.5) is 5.00 Å². The molecule has 0 saturated heterocycles. The SMILES string of the molecule is CCc1cc(C(N)=O)c(NC(=O)C2CC2)s1. The first kappa shape index (κ1) is 11.1. The molecule has 4 nitrogen and oxygen atoms in total. The fraction of sp³-hybridized carbons (Fsp3) is 0.455. The number of aryl methyl sites for hydroxylation is 1. The van der Waals surface area contributed by atoms with Crippen molar-refractivity contribution in [3.8, 4) is 0 Å². The zero-order valence-corrected chi connectivity index (χ0v) is 9.89. The summed E-state index contributed by atoms with van der Waals surface area (Å²) in [5.41, 5.74) is 5.69. The van der Waals surface area contributed by atoms with Gasteiger partial charge in [0.2, 0.25) is 5.91 Å². The summed E-state index contributed by atoms with van der Waals surface area (Å²) in [6.45, 7) is 2.00. The largest absolute Gasteiger partial charge is 0.366 e. The summed E-state index contributed by atoms with van der Waals surface area (Å²) in [7, 11) is 0. The van der Waals surface area contributed by atoms with E-state index in [4.69, 9.17) is 5.73 Å². The molecule has 1 aliphatic rings. The van der Waals surface area contributed by atoms with Crippen LogP contribution in [0.25, 0.3) is 0 Å². The summed E-state index contributed by atoms with van der Waals surface area (Å²) in [4.78, 5) is 23.8. The zero-order chi connectivity index (χ0) is 11.7. The smallest absolute Gasteiger partial charge is 0.251 e. The highest BCUT2D eigenvalue weighted by Gasteiger charge is 2.30. The first-order valence-corrected chi connectivity index (χ1v) is 6.16. The van der Waals surface area contributed by atoms with Crippen LogP contribution in [0, 0.1) is 5.92 Å². The Balaban J connectivity index is 2.20. The van der Waals surface area contributed by atoms with Crippen LogP contribution < -0.4 is 11.1 Å². The fourth-order valence-corrected chi connectivity index (χ4v) is 2.46. The Morgan fingerprint density at radius 2 is 2.25 bits per heavy atom. The average molecular weight is 238 g/mol. The molecule has 5 heteroatoms. The normalized spacial score (nSPS) is 14.8. The highest BCUT2D eigenvalue weighted by atomic mass is 32.1. The molecule has 2 rings (SSSR count). The highest BCUT2D eigenvalue weighted by molar-refractivity contribution is 7.16. The Kier molecular flexibility index (Phi) is 2.96. The molecule has 0 aromatic carbocycles. The van der Waals surface area contributed by atoms with E-state index in [1.165, 1.54) is 11.3 Å². The van der Waals surface area contributed by atoms with Gasteiger partial charge in [0.15, 0.2) is 0 Å². The molecular weight excluding hydrogens is 224 g/mol. The van der Waals surface area contributed by atoms with Gasteiger partial charge in [0.05, 0.1) is 5.56 Å². The summed E-state index contributed by atoms with van der Waals surface area (Å²) in [5.74, 6) is -0.345. The van der Waals surface area contributed by atoms with Crippen LogP contribution in [-0.2, 0) is 11.2 Å². The van der Waals surface area contributed by atoms with Gasteiger partial charge < -0.3 is 11.1 Å². The third-order valence-corrected chi connectivity index (χ3v) is 3.78. The summed E-state index contributed by atoms with van der Waals surface area (Å²) < 4.78 is 0. The lowest BCUT2D eigenvalue weighted by Gasteiger charge is -2.02. The van der Waals surface area contributed by atoms with E-state index >= 15 is 0 Å². The zero-order valence-electron chi connectivity index (χ0n) is 9.08. The summed E-state index contributed by atoms with van der Waals surface area (Å²) >= 11 is 1.43. The second kappa shape index (κ2) is 4.25. The van der Waals surface area contributed by atoms with Crippen molar-refractivity contribution in [3.63, 3.8) is 0 Å². The van der Waals surface area contributed by atoms with Crippen molar-refractivity contribution in [2.45, 2.75) is 26.2 Å². The van der Waals surface area contributed by atoms with E-state index in [2.05, 4.69) is 5.32 Å². The molecule has 1 saturated carbocycles. The average Bonchev–Trinajstić information content (AvgIpc) is 3.00. The van der Waals surface area contributed by atoms with Crippen LogP contribution >= 0.6 is 11.3 Å². The number of carbonyl (C=O) groups is 2. The first-order chi connectivity index (χ1) is 7.61. The van der Waals surface area contributed by atoms with E-state index in [0.29, 0.717) is 10.6 Å². The Morgan fingerprint density at radius 3 is 2.75 bits per heavy atom. The lowest BCUT2D eigenvalue weighted by molar-refractivity contribution is -0.117. The first-order valence-electron chi connectivity index (χ1n) is 5.35. The molecule has 1 fully saturated rings. The molecule has 0 unspecified atom stereocenters. The Morgan fingerprint density at radius 1 is 1.56 bits per heavy atom. The molecule has 86 valence electrons. The van der Waals surface area contributed by atoms with E-state index in [0.717, 1.165) is 24.1 Å². The van der Waals surface area contributed by atoms with Crippen LogP contribution in [0.3, 0.4) is 0 Å². The molecule has 0 spiro atoms. The van der Waals surface area contributed by atoms with Crippen LogP contribution in [0.1, 0.15) is 35.0 Å². The summed E-state index contributed by atoms with van der Waals surface area (Å²) in [6.07, 6.45) is 2.73. The molecule has 1 aromatic heterocycles. The molecule has 0 radical (unpaired) electrons. The van der Waals surface area contributed by atoms with E-state index in [1.807, 2.05) is 6.92 Å². The number of rotatable bonds is 4. The second-order valence-corrected chi connectivity index (χ2v) is 5.07. The lowest BCUT2D eigenvalue weighted by Crippen LogP contribution is -2.17. The van der Waals surface area contributed by atoms with Crippen molar-refractivity contribution in [1.82, 2.24) is 0 Å². The van der Waals surface area contributed by atoms with E-state index < -0.39 is 5.91 Å². The number of carbonyl (C=O) groups excluding carboxylic acids is 2. The van der Waals surface area contributed by atoms with Gasteiger partial charge in [-0.1, -0.05) is 6.92 Å². The van der Waals surface area contributed by atoms with E-state index in [-0.39, 0.29) is 11.8 Å². The van der Waals surface area contributed by atoms with Crippen molar-refractivity contribution < 1.29 is 9.59 Å². The number of amides is 2. The number of nitrogens with two attached hydrogens (primary N) is 1. The monoisotopic (exact) mass is 238 g/mol. The predicted molar refractivity (Wildman–Crippen MR) is 63.6 cm³/mol. The van der Waals surface area contributed by atoms with Crippen LogP contribution in [0.15, 0.2) is 6.07 Å². The number of nitrogens with one attached hydrogen (secondary N) is 1. The molecule has 0 bridgehead atoms. The molecule has 1 heterocycles. The number of anilines is 1. The van der Waals surface area contributed by atoms with Crippen LogP contribution in [0.5, 0.6) is 0 Å². The minimum absolute atomic E-state index is 0.00648. The van der Waals surface area contributed by atoms with Gasteiger partial charge in [0, 0.05) is 10.8 Å². The van der Waals surface area contributed by atoms with Gasteiger partial charge in [-0.05, 0) is 25.3 Å². The van der Waals surface area contributed by atoms with Crippen molar-refractivity contribution in [3.05, 3.63) is 16.5 Å². The van der Waals surface area contributed by atoms with Crippen LogP contribution in [0.2, 0.25) is 0 Å². The maximum absolute atomic E-state index is 11.6. The Labute approximate surface area is 97.8 Å². The van der Waals surface area contributed by atoms with Gasteiger partial charge in [-0.3, -0.25) is 9.59 Å². The van der Waals surface area contributed by atoms with Gasteiger partial charge in [-0.15, -0.1) is 11.3 Å². The topological polar surface area (TPSA) is 72.2 Å². The van der Waals surface area contributed by atoms with E-state index in [9.17, 15) is 9.59 Å². The number of hydrogen-bond acceptors (Lipinski definition) is 3. The highest BCUT2D eigenvalue weighted by Crippen LogP contribution is 2.33. The van der Waals surface area contributed by atoms with Gasteiger partial charge >= 0.3 is 0 Å². The van der Waals surface area contributed by atoms with Gasteiger partial charge in [0.1, 0.15) is 5.00 Å². The van der Waals surface area contributed by atoms with Crippen molar-refractivity contribution in [2.75, 3.05) is 5.32 Å². The predicted octanol–water partition coefficient (Wildman–Crippen LogP) is 1.76. The maximum atomic E-state index is 11.6. The summed E-state index contributed by atoms with van der Waals surface area (Å²) in [5, 5.41) is 3.39. The van der Waals surface area contributed by atoms with Crippen LogP contribution in [-0.4, -0.2) is 11.8 Å². The Bertz CT molecular complexity index is 435. The number of thiophene rings is 1. The minimum atomic E-state index is -0.484. The number of hydrogen-bond donors (Lipinski definition) is 2.